The fourth-order valence-electron chi connectivity index (χ4n) is 3.59. The molecule has 7 heteroatoms. The molecule has 126 valence electrons. The molecule has 1 atom stereocenters. The molecule has 5 nitrogen and oxygen atoms in total. The van der Waals surface area contributed by atoms with Crippen LogP contribution in [0.5, 0.6) is 0 Å². The lowest BCUT2D eigenvalue weighted by atomic mass is 9.92. The summed E-state index contributed by atoms with van der Waals surface area (Å²) < 4.78 is 11.8. The van der Waals surface area contributed by atoms with Gasteiger partial charge in [0.05, 0.1) is 16.4 Å². The summed E-state index contributed by atoms with van der Waals surface area (Å²) in [6.07, 6.45) is 3.67. The minimum atomic E-state index is 0.0732. The number of ether oxygens (including phenoxy) is 2. The predicted molar refractivity (Wildman–Crippen MR) is 91.1 cm³/mol. The quantitative estimate of drug-likeness (QED) is 0.830. The lowest BCUT2D eigenvalue weighted by Gasteiger charge is -2.47. The van der Waals surface area contributed by atoms with E-state index < -0.39 is 0 Å². The van der Waals surface area contributed by atoms with Crippen LogP contribution < -0.4 is 0 Å². The number of carbonyl (C=O) groups is 1. The molecule has 3 saturated heterocycles. The Morgan fingerprint density at radius 1 is 1.43 bits per heavy atom. The Hall–Kier alpha value is -0.630. The standard InChI is InChI=1S/C16H22N2O3S2/c19-15(14-8-22-11-17-14)18-9-16(10-18)5-13(7-23-16)21-6-12-1-3-20-4-2-12/h8,11-13H,1-7,9-10H2/t13-/m0/s1. The molecule has 4 heterocycles. The highest BCUT2D eigenvalue weighted by molar-refractivity contribution is 8.01. The van der Waals surface area contributed by atoms with Crippen molar-refractivity contribution < 1.29 is 14.3 Å². The van der Waals surface area contributed by atoms with E-state index in [1.807, 2.05) is 22.0 Å². The van der Waals surface area contributed by atoms with E-state index in [0.717, 1.165) is 57.9 Å². The van der Waals surface area contributed by atoms with Crippen LogP contribution in [0.25, 0.3) is 0 Å². The largest absolute Gasteiger partial charge is 0.381 e. The van der Waals surface area contributed by atoms with Gasteiger partial charge in [-0.2, -0.15) is 0 Å². The van der Waals surface area contributed by atoms with Crippen molar-refractivity contribution in [3.05, 3.63) is 16.6 Å². The molecule has 4 rings (SSSR count). The maximum Gasteiger partial charge on any atom is 0.273 e. The van der Waals surface area contributed by atoms with Gasteiger partial charge in [0.2, 0.25) is 0 Å². The Morgan fingerprint density at radius 2 is 2.26 bits per heavy atom. The smallest absolute Gasteiger partial charge is 0.273 e. The third kappa shape index (κ3) is 3.43. The SMILES string of the molecule is O=C(c1cscn1)N1CC2(C[C@H](OCC3CCOCC3)CS2)C1. The number of thiazole rings is 1. The van der Waals surface area contributed by atoms with E-state index in [-0.39, 0.29) is 10.7 Å². The Labute approximate surface area is 144 Å². The summed E-state index contributed by atoms with van der Waals surface area (Å²) in [7, 11) is 0. The van der Waals surface area contributed by atoms with E-state index in [4.69, 9.17) is 9.47 Å². The summed E-state index contributed by atoms with van der Waals surface area (Å²) in [5, 5.41) is 1.83. The number of carbonyl (C=O) groups excluding carboxylic acids is 1. The number of rotatable bonds is 4. The van der Waals surface area contributed by atoms with Crippen molar-refractivity contribution in [1.29, 1.82) is 0 Å². The molecule has 3 fully saturated rings. The lowest BCUT2D eigenvalue weighted by molar-refractivity contribution is -0.0118. The number of likely N-dealkylation sites (tertiary alicyclic amines) is 1. The number of amides is 1. The Balaban J connectivity index is 1.23. The topological polar surface area (TPSA) is 51.7 Å². The van der Waals surface area contributed by atoms with Crippen molar-refractivity contribution in [3.8, 4) is 0 Å². The van der Waals surface area contributed by atoms with E-state index in [1.165, 1.54) is 11.3 Å². The highest BCUT2D eigenvalue weighted by atomic mass is 32.2. The minimum absolute atomic E-state index is 0.0732. The van der Waals surface area contributed by atoms with Crippen molar-refractivity contribution in [3.63, 3.8) is 0 Å². The van der Waals surface area contributed by atoms with Gasteiger partial charge in [-0.15, -0.1) is 23.1 Å². The first kappa shape index (κ1) is 15.9. The molecule has 0 radical (unpaired) electrons. The average molecular weight is 354 g/mol. The predicted octanol–water partition coefficient (Wildman–Crippen LogP) is 2.29. The summed E-state index contributed by atoms with van der Waals surface area (Å²) in [4.78, 5) is 18.3. The number of aromatic nitrogens is 1. The second kappa shape index (κ2) is 6.70. The van der Waals surface area contributed by atoms with E-state index in [1.54, 1.807) is 5.51 Å². The molecular weight excluding hydrogens is 332 g/mol. The van der Waals surface area contributed by atoms with Gasteiger partial charge in [0.15, 0.2) is 0 Å². The number of hydrogen-bond acceptors (Lipinski definition) is 6. The molecule has 0 bridgehead atoms. The third-order valence-corrected chi connectivity index (χ3v) is 7.14. The first-order valence-corrected chi connectivity index (χ1v) is 10.2. The number of nitrogens with zero attached hydrogens (tertiary/aromatic N) is 2. The van der Waals surface area contributed by atoms with Crippen LogP contribution in [0.15, 0.2) is 10.9 Å². The highest BCUT2D eigenvalue weighted by Gasteiger charge is 2.51. The third-order valence-electron chi connectivity index (χ3n) is 4.98. The zero-order valence-corrected chi connectivity index (χ0v) is 14.7. The van der Waals surface area contributed by atoms with Crippen LogP contribution in [0.3, 0.4) is 0 Å². The van der Waals surface area contributed by atoms with Crippen molar-refractivity contribution in [2.75, 3.05) is 38.7 Å². The normalized spacial score (nSPS) is 27.3. The molecule has 0 aliphatic carbocycles. The zero-order valence-electron chi connectivity index (χ0n) is 13.1. The van der Waals surface area contributed by atoms with Crippen LogP contribution in [0.1, 0.15) is 29.8 Å². The molecule has 0 saturated carbocycles. The Morgan fingerprint density at radius 3 is 3.00 bits per heavy atom. The summed E-state index contributed by atoms with van der Waals surface area (Å²) >= 11 is 3.45. The monoisotopic (exact) mass is 354 g/mol. The summed E-state index contributed by atoms with van der Waals surface area (Å²) in [5.41, 5.74) is 2.30. The van der Waals surface area contributed by atoms with Crippen LogP contribution in [-0.2, 0) is 9.47 Å². The first-order valence-electron chi connectivity index (χ1n) is 8.25. The maximum atomic E-state index is 12.3. The molecule has 0 unspecified atom stereocenters. The van der Waals surface area contributed by atoms with E-state index >= 15 is 0 Å². The van der Waals surface area contributed by atoms with Crippen molar-refractivity contribution in [2.45, 2.75) is 30.1 Å². The second-order valence-electron chi connectivity index (χ2n) is 6.74. The van der Waals surface area contributed by atoms with E-state index in [0.29, 0.717) is 17.7 Å². The van der Waals surface area contributed by atoms with Crippen molar-refractivity contribution >= 4 is 29.0 Å². The van der Waals surface area contributed by atoms with Gasteiger partial charge in [-0.05, 0) is 25.2 Å². The van der Waals surface area contributed by atoms with E-state index in [9.17, 15) is 4.79 Å². The fraction of sp³-hybridized carbons (Fsp3) is 0.750. The molecule has 1 aromatic heterocycles. The maximum absolute atomic E-state index is 12.3. The van der Waals surface area contributed by atoms with Crippen LogP contribution in [0.4, 0.5) is 0 Å². The van der Waals surface area contributed by atoms with Gasteiger partial charge in [-0.3, -0.25) is 4.79 Å². The summed E-state index contributed by atoms with van der Waals surface area (Å²) in [6.45, 7) is 4.30. The summed E-state index contributed by atoms with van der Waals surface area (Å²) in [5.74, 6) is 1.79. The van der Waals surface area contributed by atoms with Crippen LogP contribution in [0.2, 0.25) is 0 Å². The van der Waals surface area contributed by atoms with Crippen LogP contribution in [0, 0.1) is 5.92 Å². The first-order chi connectivity index (χ1) is 11.2. The van der Waals surface area contributed by atoms with Gasteiger partial charge in [0, 0.05) is 44.0 Å². The zero-order chi connectivity index (χ0) is 15.7. The molecule has 3 aliphatic heterocycles. The number of thioether (sulfide) groups is 1. The minimum Gasteiger partial charge on any atom is -0.381 e. The molecule has 0 aromatic carbocycles. The molecule has 1 aromatic rings. The van der Waals surface area contributed by atoms with Crippen molar-refractivity contribution in [1.82, 2.24) is 9.88 Å². The van der Waals surface area contributed by atoms with Gasteiger partial charge in [0.1, 0.15) is 5.69 Å². The van der Waals surface area contributed by atoms with Gasteiger partial charge in [-0.25, -0.2) is 4.98 Å². The highest BCUT2D eigenvalue weighted by Crippen LogP contribution is 2.46. The average Bonchev–Trinajstić information content (AvgIpc) is 3.22. The fourth-order valence-corrected chi connectivity index (χ4v) is 5.67. The Bertz CT molecular complexity index is 540. The summed E-state index contributed by atoms with van der Waals surface area (Å²) in [6, 6.07) is 0. The van der Waals surface area contributed by atoms with Crippen molar-refractivity contribution in [2.24, 2.45) is 5.92 Å². The van der Waals surface area contributed by atoms with Gasteiger partial charge >= 0.3 is 0 Å². The molecule has 3 aliphatic rings. The van der Waals surface area contributed by atoms with Gasteiger partial charge < -0.3 is 14.4 Å². The van der Waals surface area contributed by atoms with Crippen LogP contribution >= 0.6 is 23.1 Å². The van der Waals surface area contributed by atoms with E-state index in [2.05, 4.69) is 4.98 Å². The van der Waals surface area contributed by atoms with Crippen LogP contribution in [-0.4, -0.2) is 65.3 Å². The van der Waals surface area contributed by atoms with Gasteiger partial charge in [0.25, 0.3) is 5.91 Å². The molecule has 0 N–H and O–H groups in total. The number of hydrogen-bond donors (Lipinski definition) is 0. The lowest BCUT2D eigenvalue weighted by Crippen LogP contribution is -2.60. The molecular formula is C16H22N2O3S2. The molecule has 1 spiro atoms. The Kier molecular flexibility index (Phi) is 4.63. The second-order valence-corrected chi connectivity index (χ2v) is 8.95. The molecule has 1 amide bonds. The molecule has 23 heavy (non-hydrogen) atoms. The van der Waals surface area contributed by atoms with Gasteiger partial charge in [-0.1, -0.05) is 0 Å².